The number of nitrogens with two attached hydrogens (primary N) is 1. The van der Waals surface area contributed by atoms with Gasteiger partial charge in [0, 0.05) is 11.8 Å². The van der Waals surface area contributed by atoms with Gasteiger partial charge < -0.3 is 10.8 Å². The standard InChI is InChI=1S/C8H12N2O2S/c9-2-1-6(8(11)12)3-7-4-13-5-10-7/h4-6H,1-3,9H2,(H,11,12). The minimum atomic E-state index is -0.793. The summed E-state index contributed by atoms with van der Waals surface area (Å²) >= 11 is 1.48. The summed E-state index contributed by atoms with van der Waals surface area (Å²) < 4.78 is 0. The van der Waals surface area contributed by atoms with Gasteiger partial charge in [-0.2, -0.15) is 0 Å². The van der Waals surface area contributed by atoms with Crippen LogP contribution in [0, 0.1) is 5.92 Å². The summed E-state index contributed by atoms with van der Waals surface area (Å²) in [4.78, 5) is 14.8. The normalized spacial score (nSPS) is 12.7. The van der Waals surface area contributed by atoms with Crippen molar-refractivity contribution in [2.45, 2.75) is 12.8 Å². The molecule has 1 aromatic heterocycles. The zero-order chi connectivity index (χ0) is 9.68. The molecular weight excluding hydrogens is 188 g/mol. The van der Waals surface area contributed by atoms with Crippen molar-refractivity contribution in [2.24, 2.45) is 11.7 Å². The highest BCUT2D eigenvalue weighted by molar-refractivity contribution is 7.07. The molecule has 1 rings (SSSR count). The predicted octanol–water partition coefficient (Wildman–Crippen LogP) is 0.735. The van der Waals surface area contributed by atoms with Gasteiger partial charge in [-0.25, -0.2) is 4.98 Å². The molecule has 1 heterocycles. The summed E-state index contributed by atoms with van der Waals surface area (Å²) in [5.41, 5.74) is 7.86. The molecule has 4 nitrogen and oxygen atoms in total. The largest absolute Gasteiger partial charge is 0.481 e. The van der Waals surface area contributed by atoms with E-state index in [9.17, 15) is 4.79 Å². The van der Waals surface area contributed by atoms with Gasteiger partial charge in [0.25, 0.3) is 0 Å². The first-order valence-corrected chi connectivity index (χ1v) is 4.98. The summed E-state index contributed by atoms with van der Waals surface area (Å²) in [6, 6.07) is 0. The fourth-order valence-electron chi connectivity index (χ4n) is 1.10. The van der Waals surface area contributed by atoms with E-state index in [1.807, 2.05) is 5.38 Å². The molecule has 0 aliphatic heterocycles. The second-order valence-electron chi connectivity index (χ2n) is 2.80. The van der Waals surface area contributed by atoms with E-state index in [-0.39, 0.29) is 0 Å². The quantitative estimate of drug-likeness (QED) is 0.734. The van der Waals surface area contributed by atoms with Gasteiger partial charge in [-0.15, -0.1) is 11.3 Å². The SMILES string of the molecule is NCCC(Cc1cscn1)C(=O)O. The van der Waals surface area contributed by atoms with Crippen molar-refractivity contribution < 1.29 is 9.90 Å². The number of aromatic nitrogens is 1. The van der Waals surface area contributed by atoms with Gasteiger partial charge in [-0.1, -0.05) is 0 Å². The monoisotopic (exact) mass is 200 g/mol. The van der Waals surface area contributed by atoms with E-state index >= 15 is 0 Å². The van der Waals surface area contributed by atoms with Crippen LogP contribution >= 0.6 is 11.3 Å². The number of aliphatic carboxylic acids is 1. The highest BCUT2D eigenvalue weighted by atomic mass is 32.1. The molecule has 0 spiro atoms. The van der Waals surface area contributed by atoms with E-state index in [0.717, 1.165) is 5.69 Å². The van der Waals surface area contributed by atoms with Crippen LogP contribution in [-0.4, -0.2) is 22.6 Å². The first kappa shape index (κ1) is 10.1. The van der Waals surface area contributed by atoms with Crippen LogP contribution in [0.2, 0.25) is 0 Å². The lowest BCUT2D eigenvalue weighted by Crippen LogP contribution is -2.20. The van der Waals surface area contributed by atoms with Crippen LogP contribution < -0.4 is 5.73 Å². The molecule has 5 heteroatoms. The van der Waals surface area contributed by atoms with E-state index in [0.29, 0.717) is 19.4 Å². The van der Waals surface area contributed by atoms with Gasteiger partial charge >= 0.3 is 5.97 Å². The number of carboxylic acid groups (broad SMARTS) is 1. The van der Waals surface area contributed by atoms with Crippen molar-refractivity contribution in [1.29, 1.82) is 0 Å². The Morgan fingerprint density at radius 1 is 1.77 bits per heavy atom. The van der Waals surface area contributed by atoms with Crippen molar-refractivity contribution in [2.75, 3.05) is 6.54 Å². The molecule has 0 bridgehead atoms. The van der Waals surface area contributed by atoms with Gasteiger partial charge in [0.2, 0.25) is 0 Å². The Bertz CT molecular complexity index is 261. The molecule has 0 aromatic carbocycles. The lowest BCUT2D eigenvalue weighted by Gasteiger charge is -2.08. The van der Waals surface area contributed by atoms with Gasteiger partial charge in [-0.05, 0) is 13.0 Å². The maximum absolute atomic E-state index is 10.7. The second kappa shape index (κ2) is 4.94. The molecule has 3 N–H and O–H groups in total. The minimum absolute atomic E-state index is 0.396. The summed E-state index contributed by atoms with van der Waals surface area (Å²) in [5, 5.41) is 10.7. The molecule has 72 valence electrons. The summed E-state index contributed by atoms with van der Waals surface area (Å²) in [6.07, 6.45) is 0.989. The zero-order valence-corrected chi connectivity index (χ0v) is 7.96. The number of thiazole rings is 1. The van der Waals surface area contributed by atoms with Gasteiger partial charge in [0.1, 0.15) is 0 Å². The van der Waals surface area contributed by atoms with E-state index < -0.39 is 11.9 Å². The maximum atomic E-state index is 10.7. The molecule has 1 atom stereocenters. The van der Waals surface area contributed by atoms with Crippen LogP contribution in [0.15, 0.2) is 10.9 Å². The summed E-state index contributed by atoms with van der Waals surface area (Å²) in [6.45, 7) is 0.404. The maximum Gasteiger partial charge on any atom is 0.306 e. The molecule has 0 amide bonds. The Balaban J connectivity index is 2.52. The number of rotatable bonds is 5. The third-order valence-electron chi connectivity index (χ3n) is 1.80. The number of carbonyl (C=O) groups is 1. The Morgan fingerprint density at radius 3 is 3.00 bits per heavy atom. The van der Waals surface area contributed by atoms with Crippen molar-refractivity contribution in [1.82, 2.24) is 4.98 Å². The van der Waals surface area contributed by atoms with Crippen molar-refractivity contribution in [3.63, 3.8) is 0 Å². The first-order chi connectivity index (χ1) is 6.24. The van der Waals surface area contributed by atoms with Gasteiger partial charge in [0.15, 0.2) is 0 Å². The van der Waals surface area contributed by atoms with Crippen LogP contribution in [0.3, 0.4) is 0 Å². The van der Waals surface area contributed by atoms with E-state index in [1.54, 1.807) is 5.51 Å². The highest BCUT2D eigenvalue weighted by Crippen LogP contribution is 2.12. The summed E-state index contributed by atoms with van der Waals surface area (Å²) in [7, 11) is 0. The number of nitrogens with zero attached hydrogens (tertiary/aromatic N) is 1. The minimum Gasteiger partial charge on any atom is -0.481 e. The molecule has 0 radical (unpaired) electrons. The van der Waals surface area contributed by atoms with Gasteiger partial charge in [-0.3, -0.25) is 4.79 Å². The van der Waals surface area contributed by atoms with Crippen molar-refractivity contribution in [3.05, 3.63) is 16.6 Å². The Labute approximate surface area is 80.4 Å². The predicted molar refractivity (Wildman–Crippen MR) is 50.6 cm³/mol. The molecule has 1 unspecified atom stereocenters. The fraction of sp³-hybridized carbons (Fsp3) is 0.500. The Hall–Kier alpha value is -0.940. The Kier molecular flexibility index (Phi) is 3.85. The molecule has 0 aliphatic carbocycles. The van der Waals surface area contributed by atoms with Crippen LogP contribution in [0.4, 0.5) is 0 Å². The highest BCUT2D eigenvalue weighted by Gasteiger charge is 2.17. The Morgan fingerprint density at radius 2 is 2.54 bits per heavy atom. The smallest absolute Gasteiger partial charge is 0.306 e. The molecule has 0 saturated carbocycles. The second-order valence-corrected chi connectivity index (χ2v) is 3.52. The van der Waals surface area contributed by atoms with E-state index in [1.165, 1.54) is 11.3 Å². The summed E-state index contributed by atoms with van der Waals surface area (Å²) in [5.74, 6) is -1.19. The van der Waals surface area contributed by atoms with E-state index in [2.05, 4.69) is 4.98 Å². The van der Waals surface area contributed by atoms with Gasteiger partial charge in [0.05, 0.1) is 17.1 Å². The fourth-order valence-corrected chi connectivity index (χ4v) is 1.68. The zero-order valence-electron chi connectivity index (χ0n) is 7.14. The average molecular weight is 200 g/mol. The van der Waals surface area contributed by atoms with Crippen LogP contribution in [0.25, 0.3) is 0 Å². The topological polar surface area (TPSA) is 76.2 Å². The first-order valence-electron chi connectivity index (χ1n) is 4.04. The van der Waals surface area contributed by atoms with Crippen LogP contribution in [0.5, 0.6) is 0 Å². The van der Waals surface area contributed by atoms with Crippen LogP contribution in [0.1, 0.15) is 12.1 Å². The lowest BCUT2D eigenvalue weighted by molar-refractivity contribution is -0.141. The number of hydrogen-bond donors (Lipinski definition) is 2. The molecule has 0 aliphatic rings. The molecule has 1 aromatic rings. The van der Waals surface area contributed by atoms with Crippen molar-refractivity contribution in [3.8, 4) is 0 Å². The molecule has 13 heavy (non-hydrogen) atoms. The number of carboxylic acids is 1. The molecule has 0 saturated heterocycles. The molecular formula is C8H12N2O2S. The third kappa shape index (κ3) is 3.12. The van der Waals surface area contributed by atoms with Crippen molar-refractivity contribution >= 4 is 17.3 Å². The lowest BCUT2D eigenvalue weighted by atomic mass is 10.0. The third-order valence-corrected chi connectivity index (χ3v) is 2.44. The number of hydrogen-bond acceptors (Lipinski definition) is 4. The van der Waals surface area contributed by atoms with Crippen LogP contribution in [-0.2, 0) is 11.2 Å². The average Bonchev–Trinajstić information content (AvgIpc) is 2.56. The van der Waals surface area contributed by atoms with E-state index in [4.69, 9.17) is 10.8 Å². The molecule has 0 fully saturated rings.